The van der Waals surface area contributed by atoms with Crippen LogP contribution >= 0.6 is 11.6 Å². The average molecular weight is 468 g/mol. The molecule has 0 unspecified atom stereocenters. The minimum atomic E-state index is -0.946. The Bertz CT molecular complexity index is 1150. The first-order valence-electron chi connectivity index (χ1n) is 9.83. The molecule has 0 saturated heterocycles. The molecule has 0 aliphatic rings. The molecule has 0 heterocycles. The predicted molar refractivity (Wildman–Crippen MR) is 126 cm³/mol. The van der Waals surface area contributed by atoms with Crippen molar-refractivity contribution in [2.24, 2.45) is 5.10 Å². The summed E-state index contributed by atoms with van der Waals surface area (Å²) in [5.41, 5.74) is 4.05. The summed E-state index contributed by atoms with van der Waals surface area (Å²) in [5.74, 6) is -0.617. The van der Waals surface area contributed by atoms with Gasteiger partial charge < -0.3 is 19.5 Å². The lowest BCUT2D eigenvalue weighted by Gasteiger charge is -2.13. The monoisotopic (exact) mass is 467 g/mol. The zero-order valence-corrected chi connectivity index (χ0v) is 18.8. The molecule has 9 heteroatoms. The molecule has 2 amide bonds. The van der Waals surface area contributed by atoms with Crippen molar-refractivity contribution >= 4 is 35.3 Å². The molecule has 8 nitrogen and oxygen atoms in total. The molecule has 2 N–H and O–H groups in total. The van der Waals surface area contributed by atoms with Crippen LogP contribution in [0.4, 0.5) is 5.69 Å². The second-order valence-electron chi connectivity index (χ2n) is 6.66. The molecule has 0 saturated carbocycles. The van der Waals surface area contributed by atoms with Crippen LogP contribution < -0.4 is 25.0 Å². The van der Waals surface area contributed by atoms with Gasteiger partial charge in [-0.15, -0.1) is 0 Å². The van der Waals surface area contributed by atoms with Crippen LogP contribution in [-0.2, 0) is 16.2 Å². The van der Waals surface area contributed by atoms with Crippen molar-refractivity contribution in [2.45, 2.75) is 6.61 Å². The Labute approximate surface area is 196 Å². The topological polar surface area (TPSA) is 98.2 Å². The quantitative estimate of drug-likeness (QED) is 0.296. The molecule has 3 aromatic carbocycles. The lowest BCUT2D eigenvalue weighted by atomic mass is 10.2. The highest BCUT2D eigenvalue weighted by Gasteiger charge is 2.15. The lowest BCUT2D eigenvalue weighted by Crippen LogP contribution is -2.32. The van der Waals surface area contributed by atoms with Crippen molar-refractivity contribution in [3.63, 3.8) is 0 Å². The number of nitrogens with zero attached hydrogens (tertiary/aromatic N) is 1. The normalized spacial score (nSPS) is 10.5. The van der Waals surface area contributed by atoms with Gasteiger partial charge in [0.2, 0.25) is 0 Å². The summed E-state index contributed by atoms with van der Waals surface area (Å²) in [4.78, 5) is 24.2. The number of anilines is 1. The summed E-state index contributed by atoms with van der Waals surface area (Å²) >= 11 is 6.36. The summed E-state index contributed by atoms with van der Waals surface area (Å²) in [6, 6.07) is 19.6. The number of halogens is 1. The molecule has 0 aliphatic carbocycles. The van der Waals surface area contributed by atoms with Crippen molar-refractivity contribution in [3.05, 3.63) is 82.9 Å². The van der Waals surface area contributed by atoms with Crippen LogP contribution in [-0.4, -0.2) is 32.2 Å². The van der Waals surface area contributed by atoms with Gasteiger partial charge in [-0.25, -0.2) is 5.43 Å². The Kier molecular flexibility index (Phi) is 8.26. The molecule has 0 aliphatic heterocycles. The third-order valence-electron chi connectivity index (χ3n) is 4.42. The molecular formula is C24H22ClN3O5. The number of amides is 2. The van der Waals surface area contributed by atoms with E-state index in [1.807, 2.05) is 30.3 Å². The summed E-state index contributed by atoms with van der Waals surface area (Å²) < 4.78 is 16.3. The van der Waals surface area contributed by atoms with Crippen LogP contribution in [0.15, 0.2) is 71.8 Å². The van der Waals surface area contributed by atoms with E-state index in [9.17, 15) is 9.59 Å². The Balaban J connectivity index is 1.62. The van der Waals surface area contributed by atoms with Gasteiger partial charge in [0.25, 0.3) is 0 Å². The smallest absolute Gasteiger partial charge is 0.329 e. The van der Waals surface area contributed by atoms with E-state index in [1.54, 1.807) is 36.4 Å². The summed E-state index contributed by atoms with van der Waals surface area (Å²) in [7, 11) is 2.96. The van der Waals surface area contributed by atoms with Crippen molar-refractivity contribution in [3.8, 4) is 17.2 Å². The first-order valence-corrected chi connectivity index (χ1v) is 10.2. The number of hydrogen-bond donors (Lipinski definition) is 2. The van der Waals surface area contributed by atoms with Gasteiger partial charge in [0, 0.05) is 0 Å². The van der Waals surface area contributed by atoms with E-state index in [4.69, 9.17) is 25.8 Å². The standard InChI is InChI=1S/C24H22ClN3O5/c1-31-20-11-7-6-10-19(20)27-23(29)24(30)28-26-14-17-12-18(25)22(21(13-17)32-2)33-15-16-8-4-3-5-9-16/h3-14H,15H2,1-2H3,(H,27,29)(H,28,30)/b26-14-. The maximum atomic E-state index is 12.1. The molecule has 0 atom stereocenters. The molecule has 0 radical (unpaired) electrons. The number of hydrogen-bond acceptors (Lipinski definition) is 6. The zero-order chi connectivity index (χ0) is 23.6. The number of nitrogens with one attached hydrogen (secondary N) is 2. The third-order valence-corrected chi connectivity index (χ3v) is 4.70. The molecule has 0 fully saturated rings. The number of para-hydroxylation sites is 2. The molecule has 3 aromatic rings. The molecular weight excluding hydrogens is 446 g/mol. The second kappa shape index (κ2) is 11.5. The molecule has 170 valence electrons. The summed E-state index contributed by atoms with van der Waals surface area (Å²) in [6.07, 6.45) is 1.34. The number of methoxy groups -OCH3 is 2. The van der Waals surface area contributed by atoms with Crippen LogP contribution in [0.25, 0.3) is 0 Å². The Morgan fingerprint density at radius 2 is 1.64 bits per heavy atom. The zero-order valence-electron chi connectivity index (χ0n) is 18.0. The van der Waals surface area contributed by atoms with Crippen LogP contribution in [0.5, 0.6) is 17.2 Å². The Morgan fingerprint density at radius 1 is 0.939 bits per heavy atom. The Hall–Kier alpha value is -4.04. The maximum Gasteiger partial charge on any atom is 0.329 e. The van der Waals surface area contributed by atoms with Gasteiger partial charge >= 0.3 is 11.8 Å². The molecule has 33 heavy (non-hydrogen) atoms. The molecule has 3 rings (SSSR count). The van der Waals surface area contributed by atoms with Gasteiger partial charge in [-0.1, -0.05) is 54.1 Å². The van der Waals surface area contributed by atoms with E-state index in [2.05, 4.69) is 15.8 Å². The third kappa shape index (κ3) is 6.47. The van der Waals surface area contributed by atoms with E-state index < -0.39 is 11.8 Å². The van der Waals surface area contributed by atoms with Crippen LogP contribution in [0, 0.1) is 0 Å². The van der Waals surface area contributed by atoms with Crippen molar-refractivity contribution in [1.82, 2.24) is 5.43 Å². The number of ether oxygens (including phenoxy) is 3. The summed E-state index contributed by atoms with van der Waals surface area (Å²) in [5, 5.41) is 6.59. The number of carbonyl (C=O) groups excluding carboxylic acids is 2. The van der Waals surface area contributed by atoms with Gasteiger partial charge in [-0.3, -0.25) is 9.59 Å². The molecule has 0 aromatic heterocycles. The number of carbonyl (C=O) groups is 2. The van der Waals surface area contributed by atoms with Gasteiger partial charge in [-0.2, -0.15) is 5.10 Å². The minimum Gasteiger partial charge on any atom is -0.495 e. The minimum absolute atomic E-state index is 0.312. The summed E-state index contributed by atoms with van der Waals surface area (Å²) in [6.45, 7) is 0.321. The fraction of sp³-hybridized carbons (Fsp3) is 0.125. The molecule has 0 bridgehead atoms. The maximum absolute atomic E-state index is 12.1. The van der Waals surface area contributed by atoms with Crippen LogP contribution in [0.2, 0.25) is 5.02 Å². The number of rotatable bonds is 8. The van der Waals surface area contributed by atoms with E-state index in [0.29, 0.717) is 40.1 Å². The largest absolute Gasteiger partial charge is 0.495 e. The van der Waals surface area contributed by atoms with E-state index in [0.717, 1.165) is 5.56 Å². The highest BCUT2D eigenvalue weighted by Crippen LogP contribution is 2.36. The van der Waals surface area contributed by atoms with E-state index in [-0.39, 0.29) is 0 Å². The first-order chi connectivity index (χ1) is 16.0. The predicted octanol–water partition coefficient (Wildman–Crippen LogP) is 4.03. The van der Waals surface area contributed by atoms with Gasteiger partial charge in [-0.05, 0) is 35.4 Å². The van der Waals surface area contributed by atoms with Gasteiger partial charge in [0.1, 0.15) is 12.4 Å². The van der Waals surface area contributed by atoms with Crippen LogP contribution in [0.1, 0.15) is 11.1 Å². The van der Waals surface area contributed by atoms with E-state index in [1.165, 1.54) is 20.4 Å². The number of benzene rings is 3. The van der Waals surface area contributed by atoms with E-state index >= 15 is 0 Å². The van der Waals surface area contributed by atoms with Gasteiger partial charge in [0.05, 0.1) is 31.1 Å². The second-order valence-corrected chi connectivity index (χ2v) is 7.07. The SMILES string of the molecule is COc1ccccc1NC(=O)C(=O)N/N=C\c1cc(Cl)c(OCc2ccccc2)c(OC)c1. The highest BCUT2D eigenvalue weighted by molar-refractivity contribution is 6.39. The first kappa shape index (κ1) is 23.6. The molecule has 0 spiro atoms. The van der Waals surface area contributed by atoms with Crippen molar-refractivity contribution in [2.75, 3.05) is 19.5 Å². The van der Waals surface area contributed by atoms with Crippen molar-refractivity contribution < 1.29 is 23.8 Å². The van der Waals surface area contributed by atoms with Crippen molar-refractivity contribution in [1.29, 1.82) is 0 Å². The van der Waals surface area contributed by atoms with Crippen LogP contribution in [0.3, 0.4) is 0 Å². The average Bonchev–Trinajstić information content (AvgIpc) is 2.83. The van der Waals surface area contributed by atoms with Gasteiger partial charge in [0.15, 0.2) is 11.5 Å². The lowest BCUT2D eigenvalue weighted by molar-refractivity contribution is -0.136. The Morgan fingerprint density at radius 3 is 2.36 bits per heavy atom. The fourth-order valence-corrected chi connectivity index (χ4v) is 3.10. The fourth-order valence-electron chi connectivity index (χ4n) is 2.83. The highest BCUT2D eigenvalue weighted by atomic mass is 35.5. The number of hydrazone groups is 1.